The molecule has 0 fully saturated rings. The van der Waals surface area contributed by atoms with Gasteiger partial charge in [-0.25, -0.2) is 4.79 Å². The van der Waals surface area contributed by atoms with Gasteiger partial charge >= 0.3 is 75.0 Å². The van der Waals surface area contributed by atoms with E-state index in [0.29, 0.717) is 0 Å². The van der Waals surface area contributed by atoms with Crippen molar-refractivity contribution in [2.45, 2.75) is 0 Å². The molecule has 0 unspecified atom stereocenters. The third kappa shape index (κ3) is 56.0. The van der Waals surface area contributed by atoms with Crippen molar-refractivity contribution >= 4 is 30.1 Å². The second-order valence-electron chi connectivity index (χ2n) is 0.283. The second kappa shape index (κ2) is 15.8. The summed E-state index contributed by atoms with van der Waals surface area (Å²) in [5.41, 5.74) is 0. The SMILES string of the molecule is I.O=C(O)O.[Cs+].[Cu].[H-]. The second-order valence-corrected chi connectivity index (χ2v) is 0.283. The van der Waals surface area contributed by atoms with Crippen LogP contribution in [0.2, 0.25) is 0 Å². The van der Waals surface area contributed by atoms with Crippen LogP contribution in [0.1, 0.15) is 1.43 Å². The smallest absolute Gasteiger partial charge is 1.00 e. The van der Waals surface area contributed by atoms with Crippen molar-refractivity contribution in [3.8, 4) is 0 Å². The summed E-state index contributed by atoms with van der Waals surface area (Å²) < 4.78 is 0. The molecule has 0 spiro atoms. The third-order valence-electron chi connectivity index (χ3n) is 0. The van der Waals surface area contributed by atoms with Gasteiger partial charge in [0.05, 0.1) is 0 Å². The van der Waals surface area contributed by atoms with E-state index in [9.17, 15) is 0 Å². The van der Waals surface area contributed by atoms with Gasteiger partial charge in [0, 0.05) is 17.1 Å². The fraction of sp³-hybridized carbons (Fsp3) is 0. The van der Waals surface area contributed by atoms with E-state index >= 15 is 0 Å². The van der Waals surface area contributed by atoms with Crippen LogP contribution in [0.4, 0.5) is 4.79 Å². The van der Waals surface area contributed by atoms with Gasteiger partial charge in [-0.3, -0.25) is 0 Å². The topological polar surface area (TPSA) is 57.5 Å². The normalized spacial score (nSPS) is 3.43. The predicted molar refractivity (Wildman–Crippen MR) is 27.2 cm³/mol. The van der Waals surface area contributed by atoms with E-state index in [2.05, 4.69) is 0 Å². The molecule has 0 bridgehead atoms. The van der Waals surface area contributed by atoms with Gasteiger partial charge in [0.15, 0.2) is 0 Å². The van der Waals surface area contributed by atoms with Gasteiger partial charge in [0.25, 0.3) is 0 Å². The van der Waals surface area contributed by atoms with Crippen LogP contribution >= 0.6 is 24.0 Å². The van der Waals surface area contributed by atoms with E-state index in [1.165, 1.54) is 0 Å². The molecule has 3 nitrogen and oxygen atoms in total. The van der Waals surface area contributed by atoms with Gasteiger partial charge in [0.1, 0.15) is 0 Å². The van der Waals surface area contributed by atoms with Crippen molar-refractivity contribution in [3.63, 3.8) is 0 Å². The average Bonchev–Trinajstić information content (AvgIpc) is 0.811. The molecule has 0 rings (SSSR count). The molecule has 0 aliphatic heterocycles. The number of carbonyl (C=O) groups is 1. The Kier molecular flexibility index (Phi) is 51.2. The summed E-state index contributed by atoms with van der Waals surface area (Å²) in [6.45, 7) is 0. The van der Waals surface area contributed by atoms with Crippen LogP contribution in [0.15, 0.2) is 0 Å². The van der Waals surface area contributed by atoms with Crippen LogP contribution in [0.25, 0.3) is 0 Å². The van der Waals surface area contributed by atoms with Crippen LogP contribution in [-0.2, 0) is 17.1 Å². The van der Waals surface area contributed by atoms with Gasteiger partial charge in [-0.15, -0.1) is 24.0 Å². The summed E-state index contributed by atoms with van der Waals surface area (Å²) in [6.07, 6.45) is -1.83. The molecular formula is CH4CsCuIO3. The zero-order valence-corrected chi connectivity index (χ0v) is 13.1. The van der Waals surface area contributed by atoms with E-state index in [1.54, 1.807) is 0 Å². The molecule has 0 heterocycles. The predicted octanol–water partition coefficient (Wildman–Crippen LogP) is -2.05. The van der Waals surface area contributed by atoms with Gasteiger partial charge < -0.3 is 11.6 Å². The van der Waals surface area contributed by atoms with Crippen LogP contribution in [-0.4, -0.2) is 16.4 Å². The zero-order valence-electron chi connectivity index (χ0n) is 4.51. The summed E-state index contributed by atoms with van der Waals surface area (Å²) in [5.74, 6) is 0. The number of hydrogen-bond donors (Lipinski definition) is 2. The van der Waals surface area contributed by atoms with Gasteiger partial charge in [-0.2, -0.15) is 0 Å². The average molecular weight is 387 g/mol. The summed E-state index contributed by atoms with van der Waals surface area (Å²) in [6, 6.07) is 0. The summed E-state index contributed by atoms with van der Waals surface area (Å²) in [5, 5.41) is 13.9. The molecule has 0 atom stereocenters. The van der Waals surface area contributed by atoms with E-state index in [4.69, 9.17) is 15.0 Å². The quantitative estimate of drug-likeness (QED) is 0.372. The Morgan fingerprint density at radius 1 is 1.43 bits per heavy atom. The third-order valence-corrected chi connectivity index (χ3v) is 0. The molecule has 0 amide bonds. The summed E-state index contributed by atoms with van der Waals surface area (Å²) in [4.78, 5) is 8.56. The minimum atomic E-state index is -1.83. The first-order chi connectivity index (χ1) is 1.73. The Balaban J connectivity index is -0.00000000750. The van der Waals surface area contributed by atoms with E-state index < -0.39 is 6.16 Å². The van der Waals surface area contributed by atoms with Crippen molar-refractivity contribution < 1.29 is 102 Å². The van der Waals surface area contributed by atoms with Crippen molar-refractivity contribution in [3.05, 3.63) is 0 Å². The Morgan fingerprint density at radius 3 is 1.43 bits per heavy atom. The van der Waals surface area contributed by atoms with Crippen molar-refractivity contribution in [1.29, 1.82) is 0 Å². The molecule has 0 aliphatic rings. The Bertz CT molecular complexity index is 42.3. The Hall–Kier alpha value is 2.57. The van der Waals surface area contributed by atoms with Gasteiger partial charge in [-0.1, -0.05) is 0 Å². The molecule has 0 saturated carbocycles. The molecule has 2 N–H and O–H groups in total. The summed E-state index contributed by atoms with van der Waals surface area (Å²) in [7, 11) is 0. The fourth-order valence-electron chi connectivity index (χ4n) is 0. The van der Waals surface area contributed by atoms with Crippen LogP contribution in [0.5, 0.6) is 0 Å². The number of carboxylic acid groups (broad SMARTS) is 2. The number of hydrogen-bond acceptors (Lipinski definition) is 1. The minimum Gasteiger partial charge on any atom is -1.00 e. The minimum absolute atomic E-state index is 0. The van der Waals surface area contributed by atoms with E-state index in [1.807, 2.05) is 0 Å². The first-order valence-corrected chi connectivity index (χ1v) is 0.651. The molecule has 0 aliphatic carbocycles. The van der Waals surface area contributed by atoms with Crippen molar-refractivity contribution in [2.75, 3.05) is 0 Å². The molecule has 0 saturated heterocycles. The first kappa shape index (κ1) is 22.7. The van der Waals surface area contributed by atoms with E-state index in [0.717, 1.165) is 0 Å². The number of halogens is 1. The first-order valence-electron chi connectivity index (χ1n) is 0.651. The zero-order chi connectivity index (χ0) is 3.58. The maximum absolute atomic E-state index is 8.56. The molecule has 0 aromatic rings. The molecular weight excluding hydrogens is 383 g/mol. The molecule has 7 heavy (non-hydrogen) atoms. The van der Waals surface area contributed by atoms with Crippen LogP contribution < -0.4 is 68.9 Å². The van der Waals surface area contributed by atoms with Crippen molar-refractivity contribution in [2.24, 2.45) is 0 Å². The van der Waals surface area contributed by atoms with E-state index in [-0.39, 0.29) is 111 Å². The van der Waals surface area contributed by atoms with Crippen molar-refractivity contribution in [1.82, 2.24) is 0 Å². The molecule has 6 heteroatoms. The molecule has 1 radical (unpaired) electrons. The monoisotopic (exact) mass is 387 g/mol. The van der Waals surface area contributed by atoms with Crippen LogP contribution in [0, 0.1) is 0 Å². The standard InChI is InChI=1S/CH2O3.Cs.Cu.HI.H/c2-1(3)4;;;;/h(H2,2,3,4);;;1H;/q;+1;;;-1. The maximum Gasteiger partial charge on any atom is 1.00 e. The molecule has 45 valence electrons. The fourth-order valence-corrected chi connectivity index (χ4v) is 0. The summed E-state index contributed by atoms with van der Waals surface area (Å²) >= 11 is 0. The van der Waals surface area contributed by atoms with Gasteiger partial charge in [-0.05, 0) is 0 Å². The maximum atomic E-state index is 8.56. The Labute approximate surface area is 129 Å². The van der Waals surface area contributed by atoms with Gasteiger partial charge in [0.2, 0.25) is 0 Å². The number of rotatable bonds is 0. The molecule has 0 aromatic heterocycles. The largest absolute Gasteiger partial charge is 1.00 e. The Morgan fingerprint density at radius 2 is 1.43 bits per heavy atom. The van der Waals surface area contributed by atoms with Crippen LogP contribution in [0.3, 0.4) is 0 Å². The molecule has 0 aromatic carbocycles.